The SMILES string of the molecule is O=C(OCc1cc(=O)c(OCc2ccccc2)co1)c1cncc(Br)c1. The highest BCUT2D eigenvalue weighted by Gasteiger charge is 2.11. The summed E-state index contributed by atoms with van der Waals surface area (Å²) in [5.74, 6) is -0.246. The third-order valence-corrected chi connectivity index (χ3v) is 3.81. The zero-order valence-corrected chi connectivity index (χ0v) is 15.1. The number of carbonyl (C=O) groups excluding carboxylic acids is 1. The van der Waals surface area contributed by atoms with E-state index < -0.39 is 5.97 Å². The van der Waals surface area contributed by atoms with Crippen molar-refractivity contribution in [3.05, 3.63) is 92.7 Å². The van der Waals surface area contributed by atoms with Crippen molar-refractivity contribution >= 4 is 21.9 Å². The van der Waals surface area contributed by atoms with Gasteiger partial charge in [-0.3, -0.25) is 9.78 Å². The Labute approximate surface area is 157 Å². The standard InChI is InChI=1S/C19H14BrNO5/c20-15-6-14(8-21-9-15)19(23)26-11-16-7-17(22)18(12-24-16)25-10-13-4-2-1-3-5-13/h1-9,12H,10-11H2. The quantitative estimate of drug-likeness (QED) is 0.570. The summed E-state index contributed by atoms with van der Waals surface area (Å²) in [5.41, 5.74) is 0.888. The molecule has 0 spiro atoms. The number of hydrogen-bond donors (Lipinski definition) is 0. The molecule has 0 saturated heterocycles. The van der Waals surface area contributed by atoms with Crippen molar-refractivity contribution < 1.29 is 18.7 Å². The predicted molar refractivity (Wildman–Crippen MR) is 96.8 cm³/mol. The molecule has 132 valence electrons. The molecule has 0 fully saturated rings. The Bertz CT molecular complexity index is 955. The molecule has 3 aromatic rings. The van der Waals surface area contributed by atoms with Gasteiger partial charge in [-0.05, 0) is 27.6 Å². The number of hydrogen-bond acceptors (Lipinski definition) is 6. The number of nitrogens with zero attached hydrogens (tertiary/aromatic N) is 1. The second kappa shape index (κ2) is 8.44. The fourth-order valence-electron chi connectivity index (χ4n) is 2.10. The molecule has 2 heterocycles. The van der Waals surface area contributed by atoms with Crippen LogP contribution in [0.25, 0.3) is 0 Å². The Balaban J connectivity index is 1.59. The van der Waals surface area contributed by atoms with E-state index in [2.05, 4.69) is 20.9 Å². The van der Waals surface area contributed by atoms with E-state index in [-0.39, 0.29) is 30.2 Å². The molecule has 0 saturated carbocycles. The summed E-state index contributed by atoms with van der Waals surface area (Å²) in [6.45, 7) is 0.0926. The highest BCUT2D eigenvalue weighted by Crippen LogP contribution is 2.13. The van der Waals surface area contributed by atoms with Crippen LogP contribution in [-0.2, 0) is 18.0 Å². The summed E-state index contributed by atoms with van der Waals surface area (Å²) in [7, 11) is 0. The molecular formula is C19H14BrNO5. The minimum Gasteiger partial charge on any atom is -0.482 e. The molecule has 0 atom stereocenters. The van der Waals surface area contributed by atoms with Gasteiger partial charge in [-0.2, -0.15) is 0 Å². The number of halogens is 1. The molecule has 0 aliphatic rings. The van der Waals surface area contributed by atoms with Crippen molar-refractivity contribution in [1.82, 2.24) is 4.98 Å². The van der Waals surface area contributed by atoms with E-state index in [1.165, 1.54) is 18.5 Å². The second-order valence-corrected chi connectivity index (χ2v) is 6.23. The van der Waals surface area contributed by atoms with Crippen LogP contribution in [-0.4, -0.2) is 11.0 Å². The zero-order chi connectivity index (χ0) is 18.4. The lowest BCUT2D eigenvalue weighted by atomic mass is 10.2. The van der Waals surface area contributed by atoms with Crippen LogP contribution in [0.1, 0.15) is 21.7 Å². The molecule has 0 amide bonds. The van der Waals surface area contributed by atoms with Crippen LogP contribution in [0, 0.1) is 0 Å². The van der Waals surface area contributed by atoms with Gasteiger partial charge in [0, 0.05) is 22.9 Å². The lowest BCUT2D eigenvalue weighted by Crippen LogP contribution is -2.10. The van der Waals surface area contributed by atoms with Crippen LogP contribution in [0.2, 0.25) is 0 Å². The Hall–Kier alpha value is -2.93. The molecule has 3 rings (SSSR count). The van der Waals surface area contributed by atoms with Gasteiger partial charge >= 0.3 is 5.97 Å². The molecule has 26 heavy (non-hydrogen) atoms. The first kappa shape index (κ1) is 17.9. The van der Waals surface area contributed by atoms with Crippen molar-refractivity contribution in [2.45, 2.75) is 13.2 Å². The van der Waals surface area contributed by atoms with Gasteiger partial charge in [-0.25, -0.2) is 4.79 Å². The maximum Gasteiger partial charge on any atom is 0.340 e. The van der Waals surface area contributed by atoms with Crippen LogP contribution in [0.15, 0.2) is 74.8 Å². The lowest BCUT2D eigenvalue weighted by Gasteiger charge is -2.07. The predicted octanol–water partition coefficient (Wildman–Crippen LogP) is 3.73. The number of aromatic nitrogens is 1. The fourth-order valence-corrected chi connectivity index (χ4v) is 2.46. The molecule has 0 aliphatic carbocycles. The van der Waals surface area contributed by atoms with E-state index in [0.717, 1.165) is 5.56 Å². The van der Waals surface area contributed by atoms with Crippen molar-refractivity contribution in [1.29, 1.82) is 0 Å². The normalized spacial score (nSPS) is 10.3. The highest BCUT2D eigenvalue weighted by atomic mass is 79.9. The summed E-state index contributed by atoms with van der Waals surface area (Å²) < 4.78 is 16.6. The number of ether oxygens (including phenoxy) is 2. The molecule has 2 aromatic heterocycles. The van der Waals surface area contributed by atoms with Crippen LogP contribution in [0.3, 0.4) is 0 Å². The first-order valence-corrected chi connectivity index (χ1v) is 8.47. The van der Waals surface area contributed by atoms with Crippen molar-refractivity contribution in [3.8, 4) is 5.75 Å². The van der Waals surface area contributed by atoms with Crippen molar-refractivity contribution in [2.24, 2.45) is 0 Å². The number of pyridine rings is 1. The first-order valence-electron chi connectivity index (χ1n) is 7.68. The van der Waals surface area contributed by atoms with E-state index >= 15 is 0 Å². The minimum atomic E-state index is -0.564. The molecule has 0 bridgehead atoms. The summed E-state index contributed by atoms with van der Waals surface area (Å²) in [6, 6.07) is 12.3. The molecule has 0 N–H and O–H groups in total. The van der Waals surface area contributed by atoms with E-state index in [0.29, 0.717) is 10.0 Å². The van der Waals surface area contributed by atoms with Crippen molar-refractivity contribution in [2.75, 3.05) is 0 Å². The maximum absolute atomic E-state index is 12.1. The number of carbonyl (C=O) groups is 1. The first-order chi connectivity index (χ1) is 12.6. The third-order valence-electron chi connectivity index (χ3n) is 3.38. The lowest BCUT2D eigenvalue weighted by molar-refractivity contribution is 0.0442. The van der Waals surface area contributed by atoms with Crippen LogP contribution < -0.4 is 10.2 Å². The van der Waals surface area contributed by atoms with Crippen molar-refractivity contribution in [3.63, 3.8) is 0 Å². The fraction of sp³-hybridized carbons (Fsp3) is 0.105. The number of esters is 1. The summed E-state index contributed by atoms with van der Waals surface area (Å²) in [4.78, 5) is 27.9. The van der Waals surface area contributed by atoms with Gasteiger partial charge in [0.1, 0.15) is 25.2 Å². The largest absolute Gasteiger partial charge is 0.482 e. The Morgan fingerprint density at radius 1 is 1.12 bits per heavy atom. The smallest absolute Gasteiger partial charge is 0.340 e. The van der Waals surface area contributed by atoms with Gasteiger partial charge < -0.3 is 13.9 Å². The molecule has 6 nitrogen and oxygen atoms in total. The Morgan fingerprint density at radius 2 is 1.92 bits per heavy atom. The highest BCUT2D eigenvalue weighted by molar-refractivity contribution is 9.10. The Kier molecular flexibility index (Phi) is 5.80. The Morgan fingerprint density at radius 3 is 2.65 bits per heavy atom. The van der Waals surface area contributed by atoms with Gasteiger partial charge in [-0.15, -0.1) is 0 Å². The molecule has 0 aliphatic heterocycles. The van der Waals surface area contributed by atoms with Crippen LogP contribution in [0.4, 0.5) is 0 Å². The summed E-state index contributed by atoms with van der Waals surface area (Å²) in [5, 5.41) is 0. The second-order valence-electron chi connectivity index (χ2n) is 5.32. The van der Waals surface area contributed by atoms with Crippen LogP contribution >= 0.6 is 15.9 Å². The van der Waals surface area contributed by atoms with E-state index in [1.54, 1.807) is 12.3 Å². The zero-order valence-electron chi connectivity index (χ0n) is 13.6. The maximum atomic E-state index is 12.1. The van der Waals surface area contributed by atoms with Gasteiger partial charge in [-0.1, -0.05) is 30.3 Å². The molecule has 0 radical (unpaired) electrons. The minimum absolute atomic E-state index is 0.0973. The average Bonchev–Trinajstić information content (AvgIpc) is 2.66. The molecular weight excluding hydrogens is 402 g/mol. The number of rotatable bonds is 6. The monoisotopic (exact) mass is 415 g/mol. The van der Waals surface area contributed by atoms with E-state index in [9.17, 15) is 9.59 Å². The van der Waals surface area contributed by atoms with Gasteiger partial charge in [0.05, 0.1) is 5.56 Å². The summed E-state index contributed by atoms with van der Waals surface area (Å²) in [6.07, 6.45) is 4.17. The average molecular weight is 416 g/mol. The van der Waals surface area contributed by atoms with Crippen LogP contribution in [0.5, 0.6) is 5.75 Å². The van der Waals surface area contributed by atoms with Gasteiger partial charge in [0.25, 0.3) is 0 Å². The van der Waals surface area contributed by atoms with Gasteiger partial charge in [0.2, 0.25) is 11.2 Å². The molecule has 1 aromatic carbocycles. The third kappa shape index (κ3) is 4.80. The number of benzene rings is 1. The molecule has 0 unspecified atom stereocenters. The van der Waals surface area contributed by atoms with Gasteiger partial charge in [0.15, 0.2) is 0 Å². The molecule has 7 heteroatoms. The summed E-state index contributed by atoms with van der Waals surface area (Å²) >= 11 is 3.23. The topological polar surface area (TPSA) is 78.6 Å². The van der Waals surface area contributed by atoms with E-state index in [4.69, 9.17) is 13.9 Å². The van der Waals surface area contributed by atoms with E-state index in [1.807, 2.05) is 30.3 Å².